The van der Waals surface area contributed by atoms with E-state index in [-0.39, 0.29) is 29.9 Å². The minimum atomic E-state index is -0.412. The van der Waals surface area contributed by atoms with E-state index >= 15 is 0 Å². The summed E-state index contributed by atoms with van der Waals surface area (Å²) in [6, 6.07) is -0.195. The van der Waals surface area contributed by atoms with Gasteiger partial charge in [-0.1, -0.05) is 47.0 Å². The summed E-state index contributed by atoms with van der Waals surface area (Å²) in [4.78, 5) is 27.1. The van der Waals surface area contributed by atoms with Crippen LogP contribution in [0.5, 0.6) is 0 Å². The second kappa shape index (κ2) is 8.98. The Hall–Kier alpha value is -0.900. The van der Waals surface area contributed by atoms with Crippen LogP contribution in [0.2, 0.25) is 0 Å². The van der Waals surface area contributed by atoms with Gasteiger partial charge in [-0.2, -0.15) is 0 Å². The molecule has 4 nitrogen and oxygen atoms in total. The summed E-state index contributed by atoms with van der Waals surface area (Å²) in [5, 5.41) is 0. The average molecular weight is 340 g/mol. The van der Waals surface area contributed by atoms with Crippen molar-refractivity contribution in [3.63, 3.8) is 0 Å². The number of carbonyl (C=O) groups excluding carboxylic acids is 2. The first kappa shape index (κ1) is 21.1. The van der Waals surface area contributed by atoms with Crippen molar-refractivity contribution in [1.82, 2.24) is 4.90 Å². The van der Waals surface area contributed by atoms with Crippen molar-refractivity contribution in [2.75, 3.05) is 13.2 Å². The summed E-state index contributed by atoms with van der Waals surface area (Å²) in [6.07, 6.45) is 7.03. The van der Waals surface area contributed by atoms with Crippen molar-refractivity contribution in [3.05, 3.63) is 0 Å². The zero-order chi connectivity index (χ0) is 18.4. The molecule has 1 aliphatic heterocycles. The number of rotatable bonds is 10. The van der Waals surface area contributed by atoms with Crippen molar-refractivity contribution >= 4 is 11.8 Å². The van der Waals surface area contributed by atoms with Crippen molar-refractivity contribution in [3.8, 4) is 0 Å². The van der Waals surface area contributed by atoms with Crippen molar-refractivity contribution in [1.29, 1.82) is 0 Å². The molecule has 0 aromatic heterocycles. The quantitative estimate of drug-likeness (QED) is 0.555. The summed E-state index contributed by atoms with van der Waals surface area (Å²) in [7, 11) is 0. The van der Waals surface area contributed by atoms with Crippen LogP contribution in [0.15, 0.2) is 0 Å². The van der Waals surface area contributed by atoms with E-state index in [4.69, 9.17) is 4.74 Å². The third kappa shape index (κ3) is 5.58. The molecule has 1 unspecified atom stereocenters. The van der Waals surface area contributed by atoms with Crippen molar-refractivity contribution < 1.29 is 14.3 Å². The number of Topliss-reactive ketones (excluding diaryl/α,β-unsaturated/α-hetero) is 1. The Balaban J connectivity index is 2.62. The van der Waals surface area contributed by atoms with Gasteiger partial charge < -0.3 is 4.74 Å². The first-order valence-electron chi connectivity index (χ1n) is 9.62. The van der Waals surface area contributed by atoms with E-state index in [0.29, 0.717) is 0 Å². The van der Waals surface area contributed by atoms with Crippen LogP contribution in [0.25, 0.3) is 0 Å². The van der Waals surface area contributed by atoms with Crippen LogP contribution >= 0.6 is 0 Å². The fourth-order valence-corrected chi connectivity index (χ4v) is 3.68. The molecule has 0 saturated carbocycles. The Kier molecular flexibility index (Phi) is 7.91. The van der Waals surface area contributed by atoms with Crippen LogP contribution in [-0.2, 0) is 14.3 Å². The smallest absolute Gasteiger partial charge is 0.323 e. The molecule has 1 rings (SSSR count). The molecule has 0 spiro atoms. The van der Waals surface area contributed by atoms with E-state index < -0.39 is 5.41 Å². The Morgan fingerprint density at radius 1 is 1.08 bits per heavy atom. The number of carbonyl (C=O) groups is 2. The van der Waals surface area contributed by atoms with Gasteiger partial charge in [0.2, 0.25) is 0 Å². The van der Waals surface area contributed by atoms with Gasteiger partial charge >= 0.3 is 5.97 Å². The summed E-state index contributed by atoms with van der Waals surface area (Å²) < 4.78 is 5.42. The van der Waals surface area contributed by atoms with Gasteiger partial charge in [0.15, 0.2) is 12.4 Å². The van der Waals surface area contributed by atoms with E-state index in [1.165, 1.54) is 0 Å². The molecule has 0 aliphatic carbocycles. The highest BCUT2D eigenvalue weighted by molar-refractivity contribution is 5.87. The lowest BCUT2D eigenvalue weighted by atomic mass is 9.84. The highest BCUT2D eigenvalue weighted by Gasteiger charge is 2.40. The minimum absolute atomic E-state index is 0.00167. The lowest BCUT2D eigenvalue weighted by Gasteiger charge is -2.39. The molecule has 0 aromatic carbocycles. The first-order chi connectivity index (χ1) is 11.2. The number of esters is 1. The highest BCUT2D eigenvalue weighted by Crippen LogP contribution is 2.31. The molecule has 0 amide bonds. The van der Waals surface area contributed by atoms with E-state index in [1.807, 2.05) is 13.8 Å². The zero-order valence-corrected chi connectivity index (χ0v) is 16.6. The number of likely N-dealkylation sites (tertiary alicyclic amines) is 1. The molecule has 1 heterocycles. The Labute approximate surface area is 148 Å². The van der Waals surface area contributed by atoms with Crippen LogP contribution in [0.3, 0.4) is 0 Å². The predicted molar refractivity (Wildman–Crippen MR) is 98.0 cm³/mol. The number of unbranched alkanes of at least 4 members (excludes halogenated alkanes) is 1. The molecule has 1 aliphatic rings. The first-order valence-corrected chi connectivity index (χ1v) is 9.62. The Morgan fingerprint density at radius 3 is 2.33 bits per heavy atom. The number of nitrogens with zero attached hydrogens (tertiary/aromatic N) is 1. The van der Waals surface area contributed by atoms with Crippen molar-refractivity contribution in [2.24, 2.45) is 5.41 Å². The minimum Gasteiger partial charge on any atom is -0.456 e. The van der Waals surface area contributed by atoms with E-state index in [9.17, 15) is 9.59 Å². The Bertz CT molecular complexity index is 429. The van der Waals surface area contributed by atoms with Crippen LogP contribution in [0.1, 0.15) is 86.5 Å². The van der Waals surface area contributed by atoms with Gasteiger partial charge in [-0.15, -0.1) is 0 Å². The summed E-state index contributed by atoms with van der Waals surface area (Å²) in [5.74, 6) is -0.204. The summed E-state index contributed by atoms with van der Waals surface area (Å²) >= 11 is 0. The molecule has 1 saturated heterocycles. The van der Waals surface area contributed by atoms with Crippen LogP contribution in [-0.4, -0.2) is 41.4 Å². The van der Waals surface area contributed by atoms with Gasteiger partial charge in [0.05, 0.1) is 0 Å². The molecule has 0 N–H and O–H groups in total. The average Bonchev–Trinajstić information content (AvgIpc) is 3.00. The molecule has 0 bridgehead atoms. The molecule has 4 heteroatoms. The van der Waals surface area contributed by atoms with E-state index in [2.05, 4.69) is 32.6 Å². The van der Waals surface area contributed by atoms with Crippen LogP contribution in [0.4, 0.5) is 0 Å². The Morgan fingerprint density at radius 2 is 1.75 bits per heavy atom. The van der Waals surface area contributed by atoms with Gasteiger partial charge in [0, 0.05) is 11.0 Å². The van der Waals surface area contributed by atoms with Gasteiger partial charge in [-0.05, 0) is 46.1 Å². The molecule has 140 valence electrons. The summed E-state index contributed by atoms with van der Waals surface area (Å²) in [5.41, 5.74) is -0.410. The lowest BCUT2D eigenvalue weighted by Crippen LogP contribution is -2.50. The van der Waals surface area contributed by atoms with Gasteiger partial charge in [0.25, 0.3) is 0 Å². The maximum absolute atomic E-state index is 12.5. The standard InChI is InChI=1S/C20H37NO3/c1-7-9-13-20(5,6)21-14-10-11-16(21)18(23)24-15-17(22)19(3,4)12-8-2/h16H,7-15H2,1-6H3. The molecule has 1 fully saturated rings. The third-order valence-electron chi connectivity index (χ3n) is 5.42. The molecule has 0 radical (unpaired) electrons. The monoisotopic (exact) mass is 339 g/mol. The van der Waals surface area contributed by atoms with Gasteiger partial charge in [-0.25, -0.2) is 0 Å². The maximum Gasteiger partial charge on any atom is 0.323 e. The normalized spacial score (nSPS) is 19.5. The highest BCUT2D eigenvalue weighted by atomic mass is 16.5. The second-order valence-corrected chi connectivity index (χ2v) is 8.43. The fraction of sp³-hybridized carbons (Fsp3) is 0.900. The van der Waals surface area contributed by atoms with Crippen LogP contribution in [0, 0.1) is 5.41 Å². The maximum atomic E-state index is 12.5. The van der Waals surface area contributed by atoms with E-state index in [0.717, 1.165) is 51.5 Å². The number of hydrogen-bond donors (Lipinski definition) is 0. The van der Waals surface area contributed by atoms with Gasteiger partial charge in [0.1, 0.15) is 6.04 Å². The number of hydrogen-bond acceptors (Lipinski definition) is 4. The molecular weight excluding hydrogens is 302 g/mol. The SMILES string of the molecule is CCCCC(C)(C)N1CCCC1C(=O)OCC(=O)C(C)(C)CCC. The van der Waals surface area contributed by atoms with Crippen molar-refractivity contribution in [2.45, 2.75) is 98.1 Å². The molecule has 24 heavy (non-hydrogen) atoms. The largest absolute Gasteiger partial charge is 0.456 e. The number of ether oxygens (including phenoxy) is 1. The molecule has 1 atom stereocenters. The number of ketones is 1. The second-order valence-electron chi connectivity index (χ2n) is 8.43. The topological polar surface area (TPSA) is 46.6 Å². The predicted octanol–water partition coefficient (Wildman–Crippen LogP) is 4.36. The fourth-order valence-electron chi connectivity index (χ4n) is 3.68. The summed E-state index contributed by atoms with van der Waals surface area (Å²) in [6.45, 7) is 13.4. The molecule has 0 aromatic rings. The zero-order valence-electron chi connectivity index (χ0n) is 16.6. The molecular formula is C20H37NO3. The lowest BCUT2D eigenvalue weighted by molar-refractivity contribution is -0.156. The van der Waals surface area contributed by atoms with Crippen LogP contribution < -0.4 is 0 Å². The van der Waals surface area contributed by atoms with E-state index in [1.54, 1.807) is 0 Å². The third-order valence-corrected chi connectivity index (χ3v) is 5.42. The van der Waals surface area contributed by atoms with Gasteiger partial charge in [-0.3, -0.25) is 14.5 Å².